The van der Waals surface area contributed by atoms with Gasteiger partial charge in [-0.2, -0.15) is 10.2 Å². The summed E-state index contributed by atoms with van der Waals surface area (Å²) in [5, 5.41) is 15.8. The van der Waals surface area contributed by atoms with Crippen LogP contribution in [0.5, 0.6) is 0 Å². The zero-order valence-electron chi connectivity index (χ0n) is 21.6. The summed E-state index contributed by atoms with van der Waals surface area (Å²) in [4.78, 5) is 22.8. The van der Waals surface area contributed by atoms with Crippen LogP contribution in [0.2, 0.25) is 5.02 Å². The molecule has 4 heterocycles. The van der Waals surface area contributed by atoms with Crippen molar-refractivity contribution >= 4 is 50.1 Å². The maximum atomic E-state index is 14.0. The molecule has 4 aromatic heterocycles. The number of aromatic nitrogens is 7. The first kappa shape index (κ1) is 24.1. The average Bonchev–Trinajstić information content (AvgIpc) is 3.54. The number of aryl methyl sites for hydroxylation is 1. The number of benzene rings is 3. The minimum atomic E-state index is -0.418. The van der Waals surface area contributed by atoms with Gasteiger partial charge in [0.05, 0.1) is 33.0 Å². The number of hydrogen-bond donors (Lipinski definition) is 2. The van der Waals surface area contributed by atoms with Gasteiger partial charge in [-0.3, -0.25) is 14.5 Å². The Kier molecular flexibility index (Phi) is 5.43. The molecule has 10 heteroatoms. The van der Waals surface area contributed by atoms with E-state index in [1.165, 1.54) is 6.33 Å². The molecule has 40 heavy (non-hydrogen) atoms. The lowest BCUT2D eigenvalue weighted by molar-refractivity contribution is 0.553. The van der Waals surface area contributed by atoms with E-state index in [9.17, 15) is 4.79 Å². The zero-order chi connectivity index (χ0) is 27.5. The number of nitrogens with zero attached hydrogens (tertiary/aromatic N) is 6. The van der Waals surface area contributed by atoms with Crippen molar-refractivity contribution < 1.29 is 0 Å². The van der Waals surface area contributed by atoms with E-state index in [2.05, 4.69) is 20.2 Å². The van der Waals surface area contributed by atoms with Crippen LogP contribution < -0.4 is 11.3 Å². The number of hydrogen-bond acceptors (Lipinski definition) is 6. The lowest BCUT2D eigenvalue weighted by atomic mass is 10.1. The van der Waals surface area contributed by atoms with Gasteiger partial charge >= 0.3 is 0 Å². The van der Waals surface area contributed by atoms with Gasteiger partial charge < -0.3 is 5.73 Å². The third-order valence-corrected chi connectivity index (χ3v) is 7.69. The number of nitrogens with two attached hydrogens (primary N) is 1. The Morgan fingerprint density at radius 2 is 1.80 bits per heavy atom. The number of pyridine rings is 1. The van der Waals surface area contributed by atoms with E-state index in [0.29, 0.717) is 33.0 Å². The second kappa shape index (κ2) is 9.03. The van der Waals surface area contributed by atoms with Crippen LogP contribution in [0.25, 0.3) is 49.7 Å². The molecule has 196 valence electrons. The number of nitrogen functional groups attached to an aromatic ring is 1. The molecule has 3 N–H and O–H groups in total. The molecule has 0 spiro atoms. The summed E-state index contributed by atoms with van der Waals surface area (Å²) in [5.41, 5.74) is 11.5. The minimum Gasteiger partial charge on any atom is -0.383 e. The van der Waals surface area contributed by atoms with Crippen LogP contribution in [0.4, 0.5) is 5.82 Å². The second-order valence-corrected chi connectivity index (χ2v) is 10.2. The SMILES string of the molecule is Cc1[nH]nc2cc(-c3nn(C(C)c4cc5cccc(Cl)c5c(=O)n4-c4ccccc4)c4ncnc(N)c34)ccc12. The van der Waals surface area contributed by atoms with E-state index >= 15 is 0 Å². The quantitative estimate of drug-likeness (QED) is 0.287. The normalized spacial score (nSPS) is 12.5. The fourth-order valence-corrected chi connectivity index (χ4v) is 5.64. The maximum absolute atomic E-state index is 14.0. The van der Waals surface area contributed by atoms with Crippen molar-refractivity contribution in [2.24, 2.45) is 0 Å². The molecule has 0 fully saturated rings. The van der Waals surface area contributed by atoms with E-state index in [4.69, 9.17) is 22.4 Å². The third-order valence-electron chi connectivity index (χ3n) is 7.37. The van der Waals surface area contributed by atoms with Crippen molar-refractivity contribution in [3.8, 4) is 16.9 Å². The lowest BCUT2D eigenvalue weighted by Gasteiger charge is -2.21. The smallest absolute Gasteiger partial charge is 0.264 e. The molecule has 0 bridgehead atoms. The van der Waals surface area contributed by atoms with Crippen molar-refractivity contribution in [2.75, 3.05) is 5.73 Å². The molecule has 1 atom stereocenters. The van der Waals surface area contributed by atoms with Gasteiger partial charge in [0.2, 0.25) is 0 Å². The standard InChI is InChI=1S/C30H23ClN8O/c1-16-21-12-11-19(13-23(21)36-35-16)27-26-28(32)33-15-34-29(26)39(37-27)17(2)24-14-18-7-6-10-22(31)25(18)30(40)38(24)20-8-4-3-5-9-20/h3-15,17H,1-2H3,(H,35,36)(H2,32,33,34). The molecule has 0 aliphatic carbocycles. The van der Waals surface area contributed by atoms with Crippen LogP contribution in [0.15, 0.2) is 83.9 Å². The Morgan fingerprint density at radius 1 is 0.975 bits per heavy atom. The lowest BCUT2D eigenvalue weighted by Crippen LogP contribution is -2.26. The van der Waals surface area contributed by atoms with Crippen LogP contribution in [0.1, 0.15) is 24.4 Å². The van der Waals surface area contributed by atoms with E-state index in [-0.39, 0.29) is 5.56 Å². The van der Waals surface area contributed by atoms with Gasteiger partial charge in [0.15, 0.2) is 5.65 Å². The first-order valence-corrected chi connectivity index (χ1v) is 13.1. The molecular weight excluding hydrogens is 524 g/mol. The highest BCUT2D eigenvalue weighted by atomic mass is 35.5. The Labute approximate surface area is 232 Å². The predicted octanol–water partition coefficient (Wildman–Crippen LogP) is 5.83. The van der Waals surface area contributed by atoms with Crippen molar-refractivity contribution in [1.82, 2.24) is 34.5 Å². The zero-order valence-corrected chi connectivity index (χ0v) is 22.4. The maximum Gasteiger partial charge on any atom is 0.264 e. The first-order valence-electron chi connectivity index (χ1n) is 12.8. The van der Waals surface area contributed by atoms with Crippen molar-refractivity contribution in [1.29, 1.82) is 0 Å². The number of para-hydroxylation sites is 1. The summed E-state index contributed by atoms with van der Waals surface area (Å²) in [6, 6.07) is 22.5. The topological polar surface area (TPSA) is 120 Å². The highest BCUT2D eigenvalue weighted by molar-refractivity contribution is 6.35. The average molecular weight is 547 g/mol. The summed E-state index contributed by atoms with van der Waals surface area (Å²) in [5.74, 6) is 0.322. The fraction of sp³-hybridized carbons (Fsp3) is 0.100. The molecule has 0 saturated heterocycles. The van der Waals surface area contributed by atoms with Gasteiger partial charge in [-0.05, 0) is 49.6 Å². The number of nitrogens with one attached hydrogen (secondary N) is 1. The van der Waals surface area contributed by atoms with Gasteiger partial charge in [0.25, 0.3) is 5.56 Å². The van der Waals surface area contributed by atoms with Gasteiger partial charge in [0.1, 0.15) is 17.8 Å². The van der Waals surface area contributed by atoms with Crippen molar-refractivity contribution in [2.45, 2.75) is 19.9 Å². The Bertz CT molecular complexity index is 2150. The molecule has 0 radical (unpaired) electrons. The Morgan fingerprint density at radius 3 is 2.62 bits per heavy atom. The number of rotatable bonds is 4. The Hall–Kier alpha value is -5.02. The van der Waals surface area contributed by atoms with Crippen molar-refractivity contribution in [3.05, 3.63) is 106 Å². The minimum absolute atomic E-state index is 0.207. The monoisotopic (exact) mass is 546 g/mol. The summed E-state index contributed by atoms with van der Waals surface area (Å²) in [6.07, 6.45) is 1.43. The summed E-state index contributed by atoms with van der Waals surface area (Å²) in [6.45, 7) is 3.97. The van der Waals surface area contributed by atoms with Gasteiger partial charge in [-0.25, -0.2) is 14.6 Å². The molecule has 0 aliphatic rings. The van der Waals surface area contributed by atoms with Crippen LogP contribution in [0, 0.1) is 6.92 Å². The highest BCUT2D eigenvalue weighted by Crippen LogP contribution is 2.35. The van der Waals surface area contributed by atoms with Gasteiger partial charge in [0, 0.05) is 22.3 Å². The molecule has 1 unspecified atom stereocenters. The van der Waals surface area contributed by atoms with Gasteiger partial charge in [-0.1, -0.05) is 54.1 Å². The highest BCUT2D eigenvalue weighted by Gasteiger charge is 2.25. The molecule has 7 aromatic rings. The summed E-state index contributed by atoms with van der Waals surface area (Å²) in [7, 11) is 0. The number of H-pyrrole nitrogens is 1. The van der Waals surface area contributed by atoms with Crippen LogP contribution in [-0.2, 0) is 0 Å². The van der Waals surface area contributed by atoms with E-state index in [1.54, 1.807) is 15.3 Å². The number of anilines is 1. The molecule has 0 amide bonds. The number of fused-ring (bicyclic) bond motifs is 3. The van der Waals surface area contributed by atoms with E-state index in [0.717, 1.165) is 38.9 Å². The number of aromatic amines is 1. The molecule has 0 saturated carbocycles. The second-order valence-electron chi connectivity index (χ2n) is 9.76. The molecule has 7 rings (SSSR count). The van der Waals surface area contributed by atoms with E-state index < -0.39 is 6.04 Å². The summed E-state index contributed by atoms with van der Waals surface area (Å²) >= 11 is 6.51. The number of halogens is 1. The van der Waals surface area contributed by atoms with Gasteiger partial charge in [-0.15, -0.1) is 0 Å². The Balaban J connectivity index is 1.50. The third kappa shape index (κ3) is 3.59. The first-order chi connectivity index (χ1) is 19.4. The molecule has 0 aliphatic heterocycles. The van der Waals surface area contributed by atoms with Crippen LogP contribution in [0.3, 0.4) is 0 Å². The van der Waals surface area contributed by atoms with Crippen molar-refractivity contribution in [3.63, 3.8) is 0 Å². The largest absolute Gasteiger partial charge is 0.383 e. The molecule has 3 aromatic carbocycles. The van der Waals surface area contributed by atoms with E-state index in [1.807, 2.05) is 80.6 Å². The van der Waals surface area contributed by atoms with Crippen LogP contribution in [-0.4, -0.2) is 34.5 Å². The predicted molar refractivity (Wildman–Crippen MR) is 158 cm³/mol. The summed E-state index contributed by atoms with van der Waals surface area (Å²) < 4.78 is 3.49. The molecule has 9 nitrogen and oxygen atoms in total. The molecular formula is C30H23ClN8O. The van der Waals surface area contributed by atoms with Crippen LogP contribution >= 0.6 is 11.6 Å². The fourth-order valence-electron chi connectivity index (χ4n) is 5.38.